The first-order valence-corrected chi connectivity index (χ1v) is 6.07. The molecule has 0 aliphatic carbocycles. The van der Waals surface area contributed by atoms with Crippen LogP contribution in [0.4, 0.5) is 0 Å². The van der Waals surface area contributed by atoms with E-state index < -0.39 is 18.3 Å². The van der Waals surface area contributed by atoms with Crippen LogP contribution in [-0.2, 0) is 9.31 Å². The van der Waals surface area contributed by atoms with Gasteiger partial charge in [0.2, 0.25) is 0 Å². The summed E-state index contributed by atoms with van der Waals surface area (Å²) in [6.45, 7) is 7.92. The first kappa shape index (κ1) is 13.6. The van der Waals surface area contributed by atoms with Crippen molar-refractivity contribution < 1.29 is 14.0 Å². The van der Waals surface area contributed by atoms with Crippen LogP contribution >= 0.6 is 11.6 Å². The first-order valence-electron chi connectivity index (χ1n) is 5.69. The van der Waals surface area contributed by atoms with Crippen LogP contribution in [0.2, 0.25) is 5.15 Å². The van der Waals surface area contributed by atoms with Gasteiger partial charge in [-0.15, -0.1) is 0 Å². The Labute approximate surface area is 112 Å². The molecule has 1 saturated heterocycles. The van der Waals surface area contributed by atoms with E-state index in [2.05, 4.69) is 9.97 Å². The Hall–Kier alpha value is -0.845. The summed E-state index contributed by atoms with van der Waals surface area (Å²) < 4.78 is 16.7. The molecular formula is C11H16BClN2O3. The summed E-state index contributed by atoms with van der Waals surface area (Å²) in [7, 11) is 0.920. The molecule has 0 radical (unpaired) electrons. The van der Waals surface area contributed by atoms with Gasteiger partial charge in [-0.1, -0.05) is 11.6 Å². The van der Waals surface area contributed by atoms with Crippen LogP contribution in [0.5, 0.6) is 6.01 Å². The Bertz CT molecular complexity index is 452. The maximum atomic E-state index is 5.91. The van der Waals surface area contributed by atoms with Gasteiger partial charge in [0.15, 0.2) is 0 Å². The lowest BCUT2D eigenvalue weighted by Gasteiger charge is -2.32. The van der Waals surface area contributed by atoms with E-state index in [9.17, 15) is 0 Å². The first-order chi connectivity index (χ1) is 8.25. The number of halogens is 1. The molecule has 1 aromatic rings. The van der Waals surface area contributed by atoms with Gasteiger partial charge in [0.05, 0.1) is 23.9 Å². The number of ether oxygens (including phenoxy) is 1. The van der Waals surface area contributed by atoms with Crippen LogP contribution < -0.4 is 10.3 Å². The minimum atomic E-state index is -0.565. The van der Waals surface area contributed by atoms with Gasteiger partial charge in [-0.05, 0) is 33.8 Å². The molecule has 0 bridgehead atoms. The van der Waals surface area contributed by atoms with Gasteiger partial charge in [0.25, 0.3) is 0 Å². The molecule has 0 atom stereocenters. The van der Waals surface area contributed by atoms with Crippen LogP contribution in [-0.4, -0.2) is 35.4 Å². The highest BCUT2D eigenvalue weighted by atomic mass is 35.5. The summed E-state index contributed by atoms with van der Waals surface area (Å²) in [5.74, 6) is 0. The lowest BCUT2D eigenvalue weighted by molar-refractivity contribution is 0.00578. The smallest absolute Gasteiger partial charge is 0.467 e. The van der Waals surface area contributed by atoms with E-state index in [-0.39, 0.29) is 6.01 Å². The van der Waals surface area contributed by atoms with E-state index in [1.54, 1.807) is 6.07 Å². The molecule has 7 heteroatoms. The fourth-order valence-corrected chi connectivity index (χ4v) is 1.77. The van der Waals surface area contributed by atoms with E-state index in [1.807, 2.05) is 27.7 Å². The Kier molecular flexibility index (Phi) is 3.29. The molecule has 0 spiro atoms. The fraction of sp³-hybridized carbons (Fsp3) is 0.636. The highest BCUT2D eigenvalue weighted by Gasteiger charge is 2.52. The predicted molar refractivity (Wildman–Crippen MR) is 69.3 cm³/mol. The Morgan fingerprint density at radius 2 is 1.72 bits per heavy atom. The molecule has 18 heavy (non-hydrogen) atoms. The van der Waals surface area contributed by atoms with E-state index in [4.69, 9.17) is 25.6 Å². The zero-order valence-electron chi connectivity index (χ0n) is 11.2. The summed E-state index contributed by atoms with van der Waals surface area (Å²) in [6, 6.07) is 1.82. The van der Waals surface area contributed by atoms with Crippen molar-refractivity contribution in [2.24, 2.45) is 0 Å². The van der Waals surface area contributed by atoms with Crippen molar-refractivity contribution in [2.75, 3.05) is 7.11 Å². The highest BCUT2D eigenvalue weighted by Crippen LogP contribution is 2.36. The number of hydrogen-bond donors (Lipinski definition) is 0. The van der Waals surface area contributed by atoms with Crippen LogP contribution in [0.1, 0.15) is 27.7 Å². The minimum absolute atomic E-state index is 0.201. The topological polar surface area (TPSA) is 53.5 Å². The molecule has 0 amide bonds. The monoisotopic (exact) mass is 270 g/mol. The van der Waals surface area contributed by atoms with Crippen molar-refractivity contribution in [1.82, 2.24) is 9.97 Å². The Morgan fingerprint density at radius 1 is 1.17 bits per heavy atom. The van der Waals surface area contributed by atoms with Gasteiger partial charge < -0.3 is 14.0 Å². The molecule has 0 aromatic carbocycles. The Morgan fingerprint density at radius 3 is 2.22 bits per heavy atom. The van der Waals surface area contributed by atoms with E-state index in [0.29, 0.717) is 10.7 Å². The van der Waals surface area contributed by atoms with Crippen molar-refractivity contribution in [2.45, 2.75) is 38.9 Å². The molecule has 1 aromatic heterocycles. The summed E-state index contributed by atoms with van der Waals surface area (Å²) in [4.78, 5) is 8.11. The zero-order chi connectivity index (χ0) is 13.6. The molecule has 1 aliphatic rings. The van der Waals surface area contributed by atoms with E-state index in [1.165, 1.54) is 7.11 Å². The zero-order valence-corrected chi connectivity index (χ0v) is 11.9. The average molecular weight is 271 g/mol. The molecule has 2 heterocycles. The average Bonchev–Trinajstić information content (AvgIpc) is 2.47. The number of aromatic nitrogens is 2. The molecule has 0 saturated carbocycles. The van der Waals surface area contributed by atoms with Gasteiger partial charge in [0, 0.05) is 0 Å². The molecule has 0 N–H and O–H groups in total. The third-order valence-corrected chi connectivity index (χ3v) is 3.57. The molecule has 98 valence electrons. The van der Waals surface area contributed by atoms with Crippen molar-refractivity contribution >= 4 is 24.3 Å². The molecule has 2 rings (SSSR count). The van der Waals surface area contributed by atoms with Gasteiger partial charge >= 0.3 is 13.1 Å². The van der Waals surface area contributed by atoms with Crippen molar-refractivity contribution in [3.05, 3.63) is 11.2 Å². The van der Waals surface area contributed by atoms with Crippen LogP contribution in [0.25, 0.3) is 0 Å². The number of hydrogen-bond acceptors (Lipinski definition) is 5. The standard InChI is InChI=1S/C11H16BClN2O3/c1-10(2)11(3,4)18-12(17-10)7-6-8(13)15-9(14-7)16-5/h6H,1-5H3. The summed E-state index contributed by atoms with van der Waals surface area (Å²) in [5, 5.41) is 0.298. The predicted octanol–water partition coefficient (Wildman–Crippen LogP) is 1.44. The maximum absolute atomic E-state index is 5.91. The van der Waals surface area contributed by atoms with Crippen LogP contribution in [0.3, 0.4) is 0 Å². The second kappa shape index (κ2) is 4.37. The largest absolute Gasteiger partial charge is 0.514 e. The van der Waals surface area contributed by atoms with Crippen molar-refractivity contribution in [3.63, 3.8) is 0 Å². The third-order valence-electron chi connectivity index (χ3n) is 3.37. The van der Waals surface area contributed by atoms with E-state index >= 15 is 0 Å². The summed E-state index contributed by atoms with van der Waals surface area (Å²) in [6.07, 6.45) is 0. The van der Waals surface area contributed by atoms with Gasteiger partial charge in [0.1, 0.15) is 5.15 Å². The number of rotatable bonds is 2. The molecule has 0 unspecified atom stereocenters. The van der Waals surface area contributed by atoms with Gasteiger partial charge in [-0.3, -0.25) is 0 Å². The lowest BCUT2D eigenvalue weighted by Crippen LogP contribution is -2.41. The van der Waals surface area contributed by atoms with Crippen molar-refractivity contribution in [3.8, 4) is 6.01 Å². The van der Waals surface area contributed by atoms with Crippen LogP contribution in [0.15, 0.2) is 6.07 Å². The number of methoxy groups -OCH3 is 1. The summed E-state index contributed by atoms with van der Waals surface area (Å²) in [5.41, 5.74) is -0.268. The Balaban J connectivity index is 2.32. The number of nitrogens with zero attached hydrogens (tertiary/aromatic N) is 2. The quantitative estimate of drug-likeness (QED) is 0.601. The minimum Gasteiger partial charge on any atom is -0.467 e. The molecule has 5 nitrogen and oxygen atoms in total. The SMILES string of the molecule is COc1nc(Cl)cc(B2OC(C)(C)C(C)(C)O2)n1. The second-order valence-electron chi connectivity index (χ2n) is 5.19. The van der Waals surface area contributed by atoms with Crippen LogP contribution in [0, 0.1) is 0 Å². The molecule has 1 fully saturated rings. The van der Waals surface area contributed by atoms with Gasteiger partial charge in [-0.25, -0.2) is 4.98 Å². The third kappa shape index (κ3) is 2.32. The fourth-order valence-electron chi connectivity index (χ4n) is 1.59. The molecule has 1 aliphatic heterocycles. The summed E-state index contributed by atoms with van der Waals surface area (Å²) >= 11 is 5.91. The van der Waals surface area contributed by atoms with Crippen molar-refractivity contribution in [1.29, 1.82) is 0 Å². The lowest BCUT2D eigenvalue weighted by atomic mass is 9.85. The second-order valence-corrected chi connectivity index (χ2v) is 5.58. The highest BCUT2D eigenvalue weighted by molar-refractivity contribution is 6.61. The van der Waals surface area contributed by atoms with E-state index in [0.717, 1.165) is 0 Å². The normalized spacial score (nSPS) is 21.1. The maximum Gasteiger partial charge on any atom is 0.514 e. The van der Waals surface area contributed by atoms with Gasteiger partial charge in [-0.2, -0.15) is 4.98 Å². The molecular weight excluding hydrogens is 254 g/mol.